The van der Waals surface area contributed by atoms with E-state index in [1.54, 1.807) is 0 Å². The zero-order chi connectivity index (χ0) is 13.6. The lowest BCUT2D eigenvalue weighted by atomic mass is 9.84. The molecule has 0 bridgehead atoms. The molecule has 1 aliphatic carbocycles. The van der Waals surface area contributed by atoms with Gasteiger partial charge in [-0.25, -0.2) is 0 Å². The van der Waals surface area contributed by atoms with Crippen molar-refractivity contribution in [3.63, 3.8) is 0 Å². The predicted molar refractivity (Wildman–Crippen MR) is 81.2 cm³/mol. The van der Waals surface area contributed by atoms with E-state index in [-0.39, 0.29) is 5.54 Å². The average Bonchev–Trinajstić information content (AvgIpc) is 3.17. The highest BCUT2D eigenvalue weighted by Crippen LogP contribution is 2.44. The maximum absolute atomic E-state index is 6.60. The third-order valence-electron chi connectivity index (χ3n) is 4.98. The van der Waals surface area contributed by atoms with Crippen molar-refractivity contribution in [2.24, 2.45) is 11.7 Å². The van der Waals surface area contributed by atoms with Crippen LogP contribution < -0.4 is 5.73 Å². The Morgan fingerprint density at radius 1 is 1.00 bits per heavy atom. The summed E-state index contributed by atoms with van der Waals surface area (Å²) in [5.74, 6) is 0.793. The first-order chi connectivity index (χ1) is 9.26. The van der Waals surface area contributed by atoms with Crippen molar-refractivity contribution in [1.82, 2.24) is 0 Å². The molecule has 2 N–H and O–H groups in total. The number of nitrogens with two attached hydrogens (primary N) is 1. The van der Waals surface area contributed by atoms with E-state index in [2.05, 4.69) is 6.92 Å². The van der Waals surface area contributed by atoms with Gasteiger partial charge in [-0.15, -0.1) is 0 Å². The predicted octanol–water partition coefficient (Wildman–Crippen LogP) is 4.41. The van der Waals surface area contributed by atoms with E-state index in [4.69, 9.17) is 10.5 Å². The molecule has 1 saturated heterocycles. The summed E-state index contributed by atoms with van der Waals surface area (Å²) >= 11 is 0. The van der Waals surface area contributed by atoms with Gasteiger partial charge in [-0.3, -0.25) is 0 Å². The first kappa shape index (κ1) is 15.3. The molecule has 1 aliphatic heterocycles. The fourth-order valence-electron chi connectivity index (χ4n) is 3.54. The van der Waals surface area contributed by atoms with Gasteiger partial charge in [-0.1, -0.05) is 58.3 Å². The fourth-order valence-corrected chi connectivity index (χ4v) is 3.54. The molecule has 112 valence electrons. The molecule has 2 rings (SSSR count). The van der Waals surface area contributed by atoms with Crippen molar-refractivity contribution in [2.45, 2.75) is 95.6 Å². The van der Waals surface area contributed by atoms with E-state index in [1.807, 2.05) is 0 Å². The Hall–Kier alpha value is -0.0800. The normalized spacial score (nSPS) is 30.9. The third-order valence-corrected chi connectivity index (χ3v) is 4.98. The van der Waals surface area contributed by atoms with Crippen LogP contribution in [0.5, 0.6) is 0 Å². The molecule has 2 fully saturated rings. The number of unbranched alkanes of at least 4 members (excludes halogenated alkanes) is 7. The molecule has 2 nitrogen and oxygen atoms in total. The van der Waals surface area contributed by atoms with Crippen LogP contribution >= 0.6 is 0 Å². The maximum Gasteiger partial charge on any atom is 0.0783 e. The van der Waals surface area contributed by atoms with Crippen LogP contribution in [0, 0.1) is 5.92 Å². The molecule has 2 unspecified atom stereocenters. The molecular weight excluding hydrogens is 234 g/mol. The van der Waals surface area contributed by atoms with E-state index >= 15 is 0 Å². The van der Waals surface area contributed by atoms with Crippen LogP contribution in [0.4, 0.5) is 0 Å². The lowest BCUT2D eigenvalue weighted by molar-refractivity contribution is 0.0594. The Kier molecular flexibility index (Phi) is 6.15. The summed E-state index contributed by atoms with van der Waals surface area (Å²) in [5, 5.41) is 0. The molecular formula is C17H33NO. The molecule has 1 heterocycles. The summed E-state index contributed by atoms with van der Waals surface area (Å²) in [6.45, 7) is 3.18. The van der Waals surface area contributed by atoms with Gasteiger partial charge in [0, 0.05) is 12.1 Å². The van der Waals surface area contributed by atoms with Gasteiger partial charge in [0.05, 0.1) is 6.10 Å². The van der Waals surface area contributed by atoms with Gasteiger partial charge in [-0.05, 0) is 31.6 Å². The number of ether oxygens (including phenoxy) is 1. The molecule has 0 aromatic heterocycles. The standard InChI is InChI=1S/C17H33NO/c1-2-3-4-5-6-7-8-9-12-17(18)13-14-19-16(17)15-10-11-15/h15-16H,2-14,18H2,1H3. The van der Waals surface area contributed by atoms with Crippen LogP contribution in [0.1, 0.15) is 84.0 Å². The Labute approximate surface area is 119 Å². The zero-order valence-electron chi connectivity index (χ0n) is 12.8. The van der Waals surface area contributed by atoms with Crippen molar-refractivity contribution >= 4 is 0 Å². The summed E-state index contributed by atoms with van der Waals surface area (Å²) in [4.78, 5) is 0. The summed E-state index contributed by atoms with van der Waals surface area (Å²) in [6.07, 6.45) is 16.4. The van der Waals surface area contributed by atoms with Crippen molar-refractivity contribution in [1.29, 1.82) is 0 Å². The summed E-state index contributed by atoms with van der Waals surface area (Å²) in [7, 11) is 0. The van der Waals surface area contributed by atoms with Crippen LogP contribution in [0.25, 0.3) is 0 Å². The Morgan fingerprint density at radius 3 is 2.26 bits per heavy atom. The molecule has 0 amide bonds. The zero-order valence-corrected chi connectivity index (χ0v) is 12.8. The molecule has 0 radical (unpaired) electrons. The quantitative estimate of drug-likeness (QED) is 0.595. The molecule has 0 aromatic carbocycles. The smallest absolute Gasteiger partial charge is 0.0783 e. The summed E-state index contributed by atoms with van der Waals surface area (Å²) < 4.78 is 5.89. The molecule has 0 aromatic rings. The monoisotopic (exact) mass is 267 g/mol. The van der Waals surface area contributed by atoms with Crippen molar-refractivity contribution < 1.29 is 4.74 Å². The molecule has 2 aliphatic rings. The van der Waals surface area contributed by atoms with Crippen LogP contribution in [0.2, 0.25) is 0 Å². The van der Waals surface area contributed by atoms with Gasteiger partial charge >= 0.3 is 0 Å². The SMILES string of the molecule is CCCCCCCCCCC1(N)CCOC1C1CC1. The molecule has 2 heteroatoms. The third kappa shape index (κ3) is 4.75. The van der Waals surface area contributed by atoms with Crippen LogP contribution in [0.15, 0.2) is 0 Å². The van der Waals surface area contributed by atoms with E-state index in [0.29, 0.717) is 6.10 Å². The lowest BCUT2D eigenvalue weighted by Crippen LogP contribution is -2.48. The Bertz CT molecular complexity index is 252. The lowest BCUT2D eigenvalue weighted by Gasteiger charge is -2.30. The largest absolute Gasteiger partial charge is 0.376 e. The summed E-state index contributed by atoms with van der Waals surface area (Å²) in [5.41, 5.74) is 6.62. The van der Waals surface area contributed by atoms with E-state index < -0.39 is 0 Å². The molecule has 2 atom stereocenters. The molecule has 1 saturated carbocycles. The first-order valence-electron chi connectivity index (χ1n) is 8.67. The highest BCUT2D eigenvalue weighted by molar-refractivity contribution is 5.03. The average molecular weight is 267 g/mol. The minimum Gasteiger partial charge on any atom is -0.376 e. The molecule has 0 spiro atoms. The van der Waals surface area contributed by atoms with Gasteiger partial charge in [-0.2, -0.15) is 0 Å². The van der Waals surface area contributed by atoms with Gasteiger partial charge in [0.25, 0.3) is 0 Å². The highest BCUT2D eigenvalue weighted by Gasteiger charge is 2.48. The second kappa shape index (κ2) is 7.64. The first-order valence-corrected chi connectivity index (χ1v) is 8.67. The second-order valence-electron chi connectivity index (χ2n) is 6.84. The minimum absolute atomic E-state index is 0.0172. The minimum atomic E-state index is 0.0172. The topological polar surface area (TPSA) is 35.2 Å². The van der Waals surface area contributed by atoms with Crippen LogP contribution in [0.3, 0.4) is 0 Å². The van der Waals surface area contributed by atoms with Crippen LogP contribution in [-0.4, -0.2) is 18.2 Å². The maximum atomic E-state index is 6.60. The Morgan fingerprint density at radius 2 is 1.63 bits per heavy atom. The van der Waals surface area contributed by atoms with E-state index in [1.165, 1.54) is 70.6 Å². The fraction of sp³-hybridized carbons (Fsp3) is 1.00. The van der Waals surface area contributed by atoms with Gasteiger partial charge in [0.15, 0.2) is 0 Å². The second-order valence-corrected chi connectivity index (χ2v) is 6.84. The van der Waals surface area contributed by atoms with Crippen molar-refractivity contribution in [3.05, 3.63) is 0 Å². The van der Waals surface area contributed by atoms with Gasteiger partial charge in [0.1, 0.15) is 0 Å². The van der Waals surface area contributed by atoms with Crippen molar-refractivity contribution in [2.75, 3.05) is 6.61 Å². The number of hydrogen-bond acceptors (Lipinski definition) is 2. The van der Waals surface area contributed by atoms with Crippen LogP contribution in [-0.2, 0) is 4.74 Å². The van der Waals surface area contributed by atoms with E-state index in [0.717, 1.165) is 18.9 Å². The number of hydrogen-bond donors (Lipinski definition) is 1. The highest BCUT2D eigenvalue weighted by atomic mass is 16.5. The number of rotatable bonds is 10. The van der Waals surface area contributed by atoms with E-state index in [9.17, 15) is 0 Å². The molecule has 19 heavy (non-hydrogen) atoms. The van der Waals surface area contributed by atoms with Gasteiger partial charge < -0.3 is 10.5 Å². The summed E-state index contributed by atoms with van der Waals surface area (Å²) in [6, 6.07) is 0. The van der Waals surface area contributed by atoms with Gasteiger partial charge in [0.2, 0.25) is 0 Å². The Balaban J connectivity index is 1.52. The van der Waals surface area contributed by atoms with Crippen molar-refractivity contribution in [3.8, 4) is 0 Å².